The maximum atomic E-state index is 13.0. The van der Waals surface area contributed by atoms with Crippen molar-refractivity contribution in [2.24, 2.45) is 11.7 Å². The van der Waals surface area contributed by atoms with Gasteiger partial charge in [-0.25, -0.2) is 4.79 Å². The van der Waals surface area contributed by atoms with Crippen LogP contribution < -0.4 is 21.7 Å². The summed E-state index contributed by atoms with van der Waals surface area (Å²) in [6.07, 6.45) is 0.967. The number of hydrogen-bond donors (Lipinski definition) is 8. The van der Waals surface area contributed by atoms with Gasteiger partial charge in [-0.2, -0.15) is 0 Å². The van der Waals surface area contributed by atoms with Crippen molar-refractivity contribution >= 4 is 40.6 Å². The highest BCUT2D eigenvalue weighted by Crippen LogP contribution is 2.19. The summed E-state index contributed by atoms with van der Waals surface area (Å²) in [6.45, 7) is 2.40. The van der Waals surface area contributed by atoms with E-state index in [4.69, 9.17) is 10.8 Å². The third kappa shape index (κ3) is 7.52. The molecule has 4 unspecified atom stereocenters. The van der Waals surface area contributed by atoms with Crippen LogP contribution in [0.2, 0.25) is 0 Å². The Morgan fingerprint density at radius 2 is 1.58 bits per heavy atom. The minimum atomic E-state index is -1.51. The number of fused-ring (bicyclic) bond motifs is 1. The lowest BCUT2D eigenvalue weighted by molar-refractivity contribution is -0.142. The Morgan fingerprint density at radius 1 is 0.944 bits per heavy atom. The Kier molecular flexibility index (Phi) is 9.93. The first-order valence-corrected chi connectivity index (χ1v) is 11.2. The quantitative estimate of drug-likeness (QED) is 0.162. The number of aliphatic hydroxyl groups excluding tert-OH is 1. The number of aliphatic hydroxyl groups is 1. The maximum Gasteiger partial charge on any atom is 0.326 e. The molecule has 0 aliphatic rings. The predicted octanol–water partition coefficient (Wildman–Crippen LogP) is -1.30. The summed E-state index contributed by atoms with van der Waals surface area (Å²) in [7, 11) is 0. The summed E-state index contributed by atoms with van der Waals surface area (Å²) >= 11 is 0. The summed E-state index contributed by atoms with van der Waals surface area (Å²) in [4.78, 5) is 63.3. The molecule has 0 bridgehead atoms. The standard InChI is InChI=1S/C23H31N5O8/c1-11(2)19(28-21(33)17(10-29)27-20(32)14(24)8-18(30)31)22(34)26-16(23(35)36)7-12-9-25-15-6-4-3-5-13(12)15/h3-6,9,11,14,16-17,19,25,29H,7-8,10,24H2,1-2H3,(H,26,34)(H,27,32)(H,28,33)(H,30,31)(H,35,36). The highest BCUT2D eigenvalue weighted by atomic mass is 16.4. The number of nitrogens with two attached hydrogens (primary N) is 1. The van der Waals surface area contributed by atoms with Crippen molar-refractivity contribution in [3.8, 4) is 0 Å². The number of amides is 3. The largest absolute Gasteiger partial charge is 0.481 e. The zero-order valence-electron chi connectivity index (χ0n) is 19.9. The molecule has 3 amide bonds. The van der Waals surface area contributed by atoms with E-state index >= 15 is 0 Å². The van der Waals surface area contributed by atoms with Crippen LogP contribution in [0.1, 0.15) is 25.8 Å². The molecule has 0 fully saturated rings. The van der Waals surface area contributed by atoms with Crippen molar-refractivity contribution in [3.63, 3.8) is 0 Å². The number of carboxylic acid groups (broad SMARTS) is 2. The average Bonchev–Trinajstić information content (AvgIpc) is 3.22. The number of aromatic nitrogens is 1. The first-order chi connectivity index (χ1) is 16.9. The van der Waals surface area contributed by atoms with Crippen molar-refractivity contribution in [1.29, 1.82) is 0 Å². The molecule has 2 rings (SSSR count). The molecule has 4 atom stereocenters. The van der Waals surface area contributed by atoms with Crippen LogP contribution in [0.5, 0.6) is 0 Å². The molecule has 1 aromatic carbocycles. The van der Waals surface area contributed by atoms with Gasteiger partial charge in [0.15, 0.2) is 0 Å². The molecule has 196 valence electrons. The number of aliphatic carboxylic acids is 2. The normalized spacial score (nSPS) is 14.5. The molecule has 1 aromatic heterocycles. The smallest absolute Gasteiger partial charge is 0.326 e. The zero-order chi connectivity index (χ0) is 27.0. The molecule has 13 nitrogen and oxygen atoms in total. The Balaban J connectivity index is 2.09. The van der Waals surface area contributed by atoms with Crippen LogP contribution in [0.15, 0.2) is 30.5 Å². The van der Waals surface area contributed by atoms with Crippen LogP contribution in [0.4, 0.5) is 0 Å². The number of carboxylic acids is 2. The van der Waals surface area contributed by atoms with E-state index in [9.17, 15) is 34.2 Å². The third-order valence-electron chi connectivity index (χ3n) is 5.51. The van der Waals surface area contributed by atoms with Gasteiger partial charge in [0.1, 0.15) is 18.1 Å². The summed E-state index contributed by atoms with van der Waals surface area (Å²) in [5, 5.41) is 35.8. The molecular weight excluding hydrogens is 474 g/mol. The fourth-order valence-electron chi connectivity index (χ4n) is 3.52. The van der Waals surface area contributed by atoms with Crippen molar-refractivity contribution in [1.82, 2.24) is 20.9 Å². The van der Waals surface area contributed by atoms with Crippen molar-refractivity contribution in [3.05, 3.63) is 36.0 Å². The van der Waals surface area contributed by atoms with E-state index in [-0.39, 0.29) is 6.42 Å². The molecule has 0 spiro atoms. The van der Waals surface area contributed by atoms with Gasteiger partial charge in [-0.05, 0) is 17.5 Å². The molecular formula is C23H31N5O8. The second-order valence-corrected chi connectivity index (χ2v) is 8.64. The number of carbonyl (C=O) groups excluding carboxylic acids is 3. The SMILES string of the molecule is CC(C)C(NC(=O)C(CO)NC(=O)C(N)CC(=O)O)C(=O)NC(Cc1c[nH]c2ccccc12)C(=O)O. The van der Waals surface area contributed by atoms with Crippen molar-refractivity contribution < 1.29 is 39.3 Å². The van der Waals surface area contributed by atoms with Crippen molar-refractivity contribution in [2.75, 3.05) is 6.61 Å². The molecule has 0 radical (unpaired) electrons. The summed E-state index contributed by atoms with van der Waals surface area (Å²) < 4.78 is 0. The minimum absolute atomic E-state index is 0.0133. The molecule has 13 heteroatoms. The van der Waals surface area contributed by atoms with Gasteiger partial charge in [0.25, 0.3) is 0 Å². The third-order valence-corrected chi connectivity index (χ3v) is 5.51. The van der Waals surface area contributed by atoms with Gasteiger partial charge >= 0.3 is 11.9 Å². The van der Waals surface area contributed by atoms with Gasteiger partial charge in [-0.15, -0.1) is 0 Å². The molecule has 1 heterocycles. The number of aromatic amines is 1. The van der Waals surface area contributed by atoms with Crippen LogP contribution in [0.3, 0.4) is 0 Å². The van der Waals surface area contributed by atoms with Crippen LogP contribution in [-0.4, -0.2) is 80.7 Å². The first-order valence-electron chi connectivity index (χ1n) is 11.2. The average molecular weight is 506 g/mol. The predicted molar refractivity (Wildman–Crippen MR) is 128 cm³/mol. The fraction of sp³-hybridized carbons (Fsp3) is 0.435. The van der Waals surface area contributed by atoms with E-state index in [1.54, 1.807) is 20.0 Å². The number of para-hydroxylation sites is 1. The van der Waals surface area contributed by atoms with Crippen LogP contribution in [0, 0.1) is 5.92 Å². The Morgan fingerprint density at radius 3 is 2.17 bits per heavy atom. The van der Waals surface area contributed by atoms with E-state index < -0.39 is 72.8 Å². The summed E-state index contributed by atoms with van der Waals surface area (Å²) in [6, 6.07) is 1.85. The number of benzene rings is 1. The maximum absolute atomic E-state index is 13.0. The van der Waals surface area contributed by atoms with Gasteiger partial charge in [-0.1, -0.05) is 32.0 Å². The monoisotopic (exact) mass is 505 g/mol. The van der Waals surface area contributed by atoms with E-state index in [1.807, 2.05) is 24.3 Å². The number of nitrogens with one attached hydrogen (secondary N) is 4. The van der Waals surface area contributed by atoms with Crippen LogP contribution >= 0.6 is 0 Å². The second kappa shape index (κ2) is 12.7. The molecule has 0 saturated heterocycles. The zero-order valence-corrected chi connectivity index (χ0v) is 19.9. The fourth-order valence-corrected chi connectivity index (χ4v) is 3.52. The minimum Gasteiger partial charge on any atom is -0.481 e. The van der Waals surface area contributed by atoms with Gasteiger partial charge in [0, 0.05) is 23.5 Å². The summed E-state index contributed by atoms with van der Waals surface area (Å²) in [5.41, 5.74) is 6.96. The number of rotatable bonds is 13. The highest BCUT2D eigenvalue weighted by molar-refractivity contribution is 5.95. The van der Waals surface area contributed by atoms with Crippen molar-refractivity contribution in [2.45, 2.75) is 50.9 Å². The molecule has 0 aliphatic heterocycles. The Hall–Kier alpha value is -3.97. The lowest BCUT2D eigenvalue weighted by Crippen LogP contribution is -2.59. The van der Waals surface area contributed by atoms with Gasteiger partial charge in [0.05, 0.1) is 19.1 Å². The number of H-pyrrole nitrogens is 1. The molecule has 0 saturated carbocycles. The number of carbonyl (C=O) groups is 5. The Labute approximate surface area is 206 Å². The van der Waals surface area contributed by atoms with E-state index in [0.29, 0.717) is 5.56 Å². The number of hydrogen-bond acceptors (Lipinski definition) is 7. The van der Waals surface area contributed by atoms with Gasteiger partial charge < -0.3 is 42.0 Å². The van der Waals surface area contributed by atoms with E-state index in [2.05, 4.69) is 20.9 Å². The molecule has 9 N–H and O–H groups in total. The lowest BCUT2D eigenvalue weighted by atomic mass is 10.0. The van der Waals surface area contributed by atoms with E-state index in [1.165, 1.54) is 0 Å². The van der Waals surface area contributed by atoms with E-state index in [0.717, 1.165) is 10.9 Å². The molecule has 0 aliphatic carbocycles. The van der Waals surface area contributed by atoms with Crippen LogP contribution in [0.25, 0.3) is 10.9 Å². The molecule has 2 aromatic rings. The Bertz CT molecular complexity index is 1110. The first kappa shape index (κ1) is 28.3. The van der Waals surface area contributed by atoms with Gasteiger partial charge in [-0.3, -0.25) is 19.2 Å². The topological polar surface area (TPSA) is 224 Å². The second-order valence-electron chi connectivity index (χ2n) is 8.64. The lowest BCUT2D eigenvalue weighted by Gasteiger charge is -2.26. The molecule has 36 heavy (non-hydrogen) atoms. The van der Waals surface area contributed by atoms with Gasteiger partial charge in [0.2, 0.25) is 17.7 Å². The summed E-state index contributed by atoms with van der Waals surface area (Å²) in [5.74, 6) is -5.74. The van der Waals surface area contributed by atoms with Crippen LogP contribution in [-0.2, 0) is 30.4 Å². The highest BCUT2D eigenvalue weighted by Gasteiger charge is 2.32.